The third kappa shape index (κ3) is 4.29. The molecule has 0 bridgehead atoms. The van der Waals surface area contributed by atoms with Crippen LogP contribution in [-0.4, -0.2) is 25.1 Å². The lowest BCUT2D eigenvalue weighted by molar-refractivity contribution is -0.122. The highest BCUT2D eigenvalue weighted by Gasteiger charge is 2.24. The highest BCUT2D eigenvalue weighted by molar-refractivity contribution is 7.18. The van der Waals surface area contributed by atoms with Gasteiger partial charge in [-0.2, -0.15) is 5.26 Å². The molecule has 1 atom stereocenters. The lowest BCUT2D eigenvalue weighted by Gasteiger charge is -2.14. The minimum atomic E-state index is -0.825. The Hall–Kier alpha value is -2.56. The zero-order valence-electron chi connectivity index (χ0n) is 13.8. The summed E-state index contributed by atoms with van der Waals surface area (Å²) in [6, 6.07) is 8.68. The summed E-state index contributed by atoms with van der Waals surface area (Å²) in [7, 11) is 1.26. The predicted molar refractivity (Wildman–Crippen MR) is 95.3 cm³/mol. The Bertz CT molecular complexity index is 857. The fraction of sp³-hybridized carbons (Fsp3) is 0.235. The number of hydrogen-bond donors (Lipinski definition) is 1. The van der Waals surface area contributed by atoms with Gasteiger partial charge in [0, 0.05) is 5.02 Å². The first-order chi connectivity index (χ1) is 11.9. The third-order valence-electron chi connectivity index (χ3n) is 3.34. The second kappa shape index (κ2) is 8.01. The molecule has 0 aliphatic carbocycles. The molecule has 0 spiro atoms. The van der Waals surface area contributed by atoms with Crippen LogP contribution in [0.1, 0.15) is 27.7 Å². The molecule has 0 aliphatic rings. The van der Waals surface area contributed by atoms with Crippen molar-refractivity contribution in [2.75, 3.05) is 12.4 Å². The highest BCUT2D eigenvalue weighted by atomic mass is 35.5. The van der Waals surface area contributed by atoms with Gasteiger partial charge in [0.2, 0.25) is 0 Å². The van der Waals surface area contributed by atoms with Gasteiger partial charge in [0.1, 0.15) is 21.7 Å². The number of nitrogens with zero attached hydrogens (tertiary/aromatic N) is 1. The van der Waals surface area contributed by atoms with Crippen LogP contribution in [0.4, 0.5) is 5.00 Å². The molecule has 2 aromatic rings. The number of methoxy groups -OCH3 is 1. The first-order valence-corrected chi connectivity index (χ1v) is 8.41. The number of carbonyl (C=O) groups excluding carboxylic acids is 2. The molecule has 25 heavy (non-hydrogen) atoms. The zero-order valence-corrected chi connectivity index (χ0v) is 15.3. The van der Waals surface area contributed by atoms with Gasteiger partial charge >= 0.3 is 5.97 Å². The Morgan fingerprint density at radius 3 is 2.72 bits per heavy atom. The summed E-state index contributed by atoms with van der Waals surface area (Å²) in [5.74, 6) is -0.551. The van der Waals surface area contributed by atoms with Gasteiger partial charge in [0.15, 0.2) is 6.10 Å². The van der Waals surface area contributed by atoms with Crippen molar-refractivity contribution in [1.82, 2.24) is 0 Å². The largest absolute Gasteiger partial charge is 0.481 e. The van der Waals surface area contributed by atoms with Crippen molar-refractivity contribution < 1.29 is 19.1 Å². The Morgan fingerprint density at radius 1 is 1.40 bits per heavy atom. The number of ether oxygens (including phenoxy) is 2. The predicted octanol–water partition coefficient (Wildman–Crippen LogP) is 3.77. The Morgan fingerprint density at radius 2 is 2.12 bits per heavy atom. The standard InChI is InChI=1S/C17H15ClN2O4S/c1-9-13(8-19)16(25-14(9)17(22)23-3)20-15(21)10(2)24-12-6-4-5-11(18)7-12/h4-7,10H,1-3H3,(H,20,21). The third-order valence-corrected chi connectivity index (χ3v) is 4.77. The fourth-order valence-electron chi connectivity index (χ4n) is 2.04. The van der Waals surface area contributed by atoms with Gasteiger partial charge in [-0.05, 0) is 37.6 Å². The van der Waals surface area contributed by atoms with Crippen molar-refractivity contribution >= 4 is 39.8 Å². The van der Waals surface area contributed by atoms with Crippen molar-refractivity contribution in [1.29, 1.82) is 5.26 Å². The van der Waals surface area contributed by atoms with Crippen molar-refractivity contribution in [3.8, 4) is 11.8 Å². The maximum Gasteiger partial charge on any atom is 0.348 e. The number of carbonyl (C=O) groups is 2. The van der Waals surface area contributed by atoms with Crippen LogP contribution in [0.15, 0.2) is 24.3 Å². The summed E-state index contributed by atoms with van der Waals surface area (Å²) in [5, 5.41) is 12.7. The number of thiophene rings is 1. The van der Waals surface area contributed by atoms with Crippen molar-refractivity contribution in [3.63, 3.8) is 0 Å². The number of anilines is 1. The van der Waals surface area contributed by atoms with Gasteiger partial charge < -0.3 is 14.8 Å². The molecule has 1 unspecified atom stereocenters. The second-order valence-corrected chi connectivity index (χ2v) is 6.53. The molecule has 0 fully saturated rings. The van der Waals surface area contributed by atoms with E-state index in [0.717, 1.165) is 11.3 Å². The van der Waals surface area contributed by atoms with Gasteiger partial charge in [0.25, 0.3) is 5.91 Å². The number of benzene rings is 1. The van der Waals surface area contributed by atoms with E-state index in [2.05, 4.69) is 10.1 Å². The summed E-state index contributed by atoms with van der Waals surface area (Å²) in [4.78, 5) is 24.4. The second-order valence-electron chi connectivity index (χ2n) is 5.07. The van der Waals surface area contributed by atoms with Crippen LogP contribution in [0, 0.1) is 18.3 Å². The van der Waals surface area contributed by atoms with E-state index in [1.807, 2.05) is 6.07 Å². The maximum absolute atomic E-state index is 12.3. The summed E-state index contributed by atoms with van der Waals surface area (Å²) < 4.78 is 10.2. The summed E-state index contributed by atoms with van der Waals surface area (Å²) in [6.45, 7) is 3.20. The quantitative estimate of drug-likeness (QED) is 0.800. The molecule has 2 rings (SSSR count). The van der Waals surface area contributed by atoms with Gasteiger partial charge in [-0.25, -0.2) is 4.79 Å². The van der Waals surface area contributed by atoms with Crippen molar-refractivity contribution in [3.05, 3.63) is 45.3 Å². The monoisotopic (exact) mass is 378 g/mol. The van der Waals surface area contributed by atoms with Crippen LogP contribution >= 0.6 is 22.9 Å². The van der Waals surface area contributed by atoms with Gasteiger partial charge in [0.05, 0.1) is 12.7 Å². The number of amides is 1. The lowest BCUT2D eigenvalue weighted by Crippen LogP contribution is -2.30. The molecule has 130 valence electrons. The summed E-state index contributed by atoms with van der Waals surface area (Å²) in [5.41, 5.74) is 0.701. The molecule has 0 saturated heterocycles. The van der Waals surface area contributed by atoms with Crippen LogP contribution < -0.4 is 10.1 Å². The summed E-state index contributed by atoms with van der Waals surface area (Å²) >= 11 is 6.87. The number of hydrogen-bond acceptors (Lipinski definition) is 6. The van der Waals surface area contributed by atoms with Gasteiger partial charge in [-0.3, -0.25) is 4.79 Å². The van der Waals surface area contributed by atoms with Crippen LogP contribution in [0.2, 0.25) is 5.02 Å². The van der Waals surface area contributed by atoms with Gasteiger partial charge in [-0.1, -0.05) is 17.7 Å². The Balaban J connectivity index is 2.17. The first-order valence-electron chi connectivity index (χ1n) is 7.22. The molecule has 6 nitrogen and oxygen atoms in total. The van der Waals surface area contributed by atoms with Crippen molar-refractivity contribution in [2.24, 2.45) is 0 Å². The van der Waals surface area contributed by atoms with E-state index in [1.54, 1.807) is 38.1 Å². The molecule has 1 aromatic carbocycles. The molecular formula is C17H15ClN2O4S. The van der Waals surface area contributed by atoms with Crippen LogP contribution in [0.3, 0.4) is 0 Å². The normalized spacial score (nSPS) is 11.3. The molecule has 0 aliphatic heterocycles. The van der Waals surface area contributed by atoms with Crippen molar-refractivity contribution in [2.45, 2.75) is 20.0 Å². The molecule has 0 radical (unpaired) electrons. The molecule has 0 saturated carbocycles. The highest BCUT2D eigenvalue weighted by Crippen LogP contribution is 2.33. The molecule has 1 amide bonds. The molecule has 1 N–H and O–H groups in total. The average molecular weight is 379 g/mol. The average Bonchev–Trinajstić information content (AvgIpc) is 2.89. The van der Waals surface area contributed by atoms with E-state index >= 15 is 0 Å². The molecular weight excluding hydrogens is 364 g/mol. The van der Waals surface area contributed by atoms with Crippen LogP contribution in [0.25, 0.3) is 0 Å². The smallest absolute Gasteiger partial charge is 0.348 e. The van der Waals surface area contributed by atoms with E-state index in [4.69, 9.17) is 16.3 Å². The van der Waals surface area contributed by atoms with E-state index in [9.17, 15) is 14.9 Å². The fourth-order valence-corrected chi connectivity index (χ4v) is 3.29. The SMILES string of the molecule is COC(=O)c1sc(NC(=O)C(C)Oc2cccc(Cl)c2)c(C#N)c1C. The molecule has 8 heteroatoms. The first kappa shape index (κ1) is 18.8. The Kier molecular flexibility index (Phi) is 6.02. The number of halogens is 1. The van der Waals surface area contributed by atoms with Crippen LogP contribution in [0.5, 0.6) is 5.75 Å². The number of nitrogens with one attached hydrogen (secondary N) is 1. The zero-order chi connectivity index (χ0) is 18.6. The number of esters is 1. The topological polar surface area (TPSA) is 88.4 Å². The van der Waals surface area contributed by atoms with E-state index in [-0.39, 0.29) is 15.4 Å². The Labute approximate surface area is 153 Å². The minimum absolute atomic E-state index is 0.230. The van der Waals surface area contributed by atoms with Gasteiger partial charge in [-0.15, -0.1) is 11.3 Å². The maximum atomic E-state index is 12.3. The van der Waals surface area contributed by atoms with E-state index in [1.165, 1.54) is 7.11 Å². The molecule has 1 heterocycles. The lowest BCUT2D eigenvalue weighted by atomic mass is 10.2. The number of nitriles is 1. The molecule has 1 aromatic heterocycles. The minimum Gasteiger partial charge on any atom is -0.481 e. The van der Waals surface area contributed by atoms with E-state index in [0.29, 0.717) is 16.3 Å². The number of rotatable bonds is 5. The van der Waals surface area contributed by atoms with Crippen LogP contribution in [-0.2, 0) is 9.53 Å². The van der Waals surface area contributed by atoms with E-state index < -0.39 is 18.0 Å². The summed E-state index contributed by atoms with van der Waals surface area (Å²) in [6.07, 6.45) is -0.825.